The molecule has 0 spiro atoms. The van der Waals surface area contributed by atoms with Gasteiger partial charge in [0.05, 0.1) is 29.7 Å². The van der Waals surface area contributed by atoms with Gasteiger partial charge in [-0.25, -0.2) is 4.79 Å². The lowest BCUT2D eigenvalue weighted by Gasteiger charge is -2.32. The topological polar surface area (TPSA) is 70.0 Å². The van der Waals surface area contributed by atoms with Crippen LogP contribution in [0.15, 0.2) is 133 Å². The Morgan fingerprint density at radius 3 is 1.41 bits per heavy atom. The summed E-state index contributed by atoms with van der Waals surface area (Å²) < 4.78 is 5.13. The van der Waals surface area contributed by atoms with E-state index in [4.69, 9.17) is 4.74 Å². The van der Waals surface area contributed by atoms with Crippen LogP contribution in [0.1, 0.15) is 44.8 Å². The van der Waals surface area contributed by atoms with E-state index in [0.717, 1.165) is 11.1 Å². The van der Waals surface area contributed by atoms with Gasteiger partial charge in [0.1, 0.15) is 12.2 Å². The molecule has 5 heteroatoms. The standard InChI is InChI=1S/C34H29NO4/c1-39-34(38)28-20-10-13-23-31(28)35(29-21-11-8-18-26(29)32(36)24-14-4-2-5-15-24)30-22-12-9-19-27(30)33(37)25-16-6-3-7-17-25/h2-23,32-33,36-37H,1H3. The lowest BCUT2D eigenvalue weighted by Crippen LogP contribution is -2.19. The first-order valence-electron chi connectivity index (χ1n) is 12.7. The molecule has 194 valence electrons. The molecule has 0 saturated carbocycles. The molecule has 0 saturated heterocycles. The van der Waals surface area contributed by atoms with E-state index < -0.39 is 18.2 Å². The summed E-state index contributed by atoms with van der Waals surface area (Å²) in [5, 5.41) is 23.1. The maximum atomic E-state index is 12.9. The summed E-state index contributed by atoms with van der Waals surface area (Å²) in [5.74, 6) is -0.488. The number of aliphatic hydroxyl groups excluding tert-OH is 2. The van der Waals surface area contributed by atoms with Gasteiger partial charge in [-0.15, -0.1) is 0 Å². The second kappa shape index (κ2) is 11.8. The Hall–Kier alpha value is -4.71. The quantitative estimate of drug-likeness (QED) is 0.216. The minimum Gasteiger partial charge on any atom is -0.465 e. The molecule has 0 aliphatic heterocycles. The SMILES string of the molecule is COC(=O)c1ccccc1N(c1ccccc1C(O)c1ccccc1)c1ccccc1C(O)c1ccccc1. The van der Waals surface area contributed by atoms with Gasteiger partial charge >= 0.3 is 5.97 Å². The lowest BCUT2D eigenvalue weighted by atomic mass is 9.95. The van der Waals surface area contributed by atoms with E-state index in [1.165, 1.54) is 7.11 Å². The van der Waals surface area contributed by atoms with E-state index in [-0.39, 0.29) is 0 Å². The summed E-state index contributed by atoms with van der Waals surface area (Å²) in [6.45, 7) is 0. The largest absolute Gasteiger partial charge is 0.465 e. The van der Waals surface area contributed by atoms with Crippen molar-refractivity contribution < 1.29 is 19.7 Å². The van der Waals surface area contributed by atoms with E-state index in [1.54, 1.807) is 12.1 Å². The summed E-state index contributed by atoms with van der Waals surface area (Å²) in [5.41, 5.74) is 5.01. The van der Waals surface area contributed by atoms with Crippen LogP contribution in [0.25, 0.3) is 0 Å². The minimum atomic E-state index is -0.929. The molecule has 0 aromatic heterocycles. The maximum absolute atomic E-state index is 12.9. The predicted octanol–water partition coefficient (Wildman–Crippen LogP) is 7.11. The highest BCUT2D eigenvalue weighted by molar-refractivity contribution is 5.99. The average molecular weight is 516 g/mol. The zero-order valence-electron chi connectivity index (χ0n) is 21.5. The van der Waals surface area contributed by atoms with Crippen molar-refractivity contribution in [2.75, 3.05) is 12.0 Å². The van der Waals surface area contributed by atoms with Crippen LogP contribution in [0, 0.1) is 0 Å². The van der Waals surface area contributed by atoms with Gasteiger partial charge in [-0.2, -0.15) is 0 Å². The number of rotatable bonds is 8. The van der Waals surface area contributed by atoms with Gasteiger partial charge in [0.2, 0.25) is 0 Å². The zero-order valence-corrected chi connectivity index (χ0v) is 21.5. The summed E-state index contributed by atoms with van der Waals surface area (Å²) in [7, 11) is 1.35. The number of anilines is 3. The van der Waals surface area contributed by atoms with E-state index in [2.05, 4.69) is 0 Å². The first-order valence-corrected chi connectivity index (χ1v) is 12.7. The van der Waals surface area contributed by atoms with Crippen molar-refractivity contribution in [3.05, 3.63) is 161 Å². The average Bonchev–Trinajstić information content (AvgIpc) is 3.02. The highest BCUT2D eigenvalue weighted by Crippen LogP contribution is 2.44. The Bertz CT molecular complexity index is 1460. The van der Waals surface area contributed by atoms with Crippen molar-refractivity contribution in [3.63, 3.8) is 0 Å². The maximum Gasteiger partial charge on any atom is 0.339 e. The number of carbonyl (C=O) groups is 1. The monoisotopic (exact) mass is 515 g/mol. The number of nitrogens with zero attached hydrogens (tertiary/aromatic N) is 1. The molecule has 39 heavy (non-hydrogen) atoms. The van der Waals surface area contributed by atoms with Crippen molar-refractivity contribution in [1.29, 1.82) is 0 Å². The van der Waals surface area contributed by atoms with Crippen LogP contribution >= 0.6 is 0 Å². The summed E-state index contributed by atoms with van der Waals surface area (Å²) in [6, 6.07) is 41.1. The van der Waals surface area contributed by atoms with Gasteiger partial charge in [-0.05, 0) is 35.4 Å². The van der Waals surface area contributed by atoms with E-state index in [1.807, 2.05) is 126 Å². The van der Waals surface area contributed by atoms with E-state index in [9.17, 15) is 15.0 Å². The van der Waals surface area contributed by atoms with Crippen LogP contribution in [-0.4, -0.2) is 23.3 Å². The van der Waals surface area contributed by atoms with Gasteiger partial charge in [0, 0.05) is 11.1 Å². The number of benzene rings is 5. The normalized spacial score (nSPS) is 12.4. The van der Waals surface area contributed by atoms with Gasteiger partial charge in [0.15, 0.2) is 0 Å². The minimum absolute atomic E-state index is 0.355. The zero-order chi connectivity index (χ0) is 27.2. The molecule has 0 radical (unpaired) electrons. The fraction of sp³-hybridized carbons (Fsp3) is 0.0882. The molecule has 2 N–H and O–H groups in total. The van der Waals surface area contributed by atoms with Crippen molar-refractivity contribution in [2.45, 2.75) is 12.2 Å². The third-order valence-corrected chi connectivity index (χ3v) is 6.73. The number of para-hydroxylation sites is 3. The Labute approximate surface area is 228 Å². The Morgan fingerprint density at radius 1 is 0.564 bits per heavy atom. The molecule has 5 aromatic carbocycles. The second-order valence-electron chi connectivity index (χ2n) is 9.09. The highest BCUT2D eigenvalue weighted by Gasteiger charge is 2.27. The van der Waals surface area contributed by atoms with Crippen molar-refractivity contribution >= 4 is 23.0 Å². The first-order chi connectivity index (χ1) is 19.1. The molecule has 5 rings (SSSR count). The number of hydrogen-bond donors (Lipinski definition) is 2. The van der Waals surface area contributed by atoms with E-state index >= 15 is 0 Å². The molecule has 0 heterocycles. The van der Waals surface area contributed by atoms with Crippen molar-refractivity contribution in [2.24, 2.45) is 0 Å². The van der Waals surface area contributed by atoms with Crippen LogP contribution in [0.3, 0.4) is 0 Å². The lowest BCUT2D eigenvalue weighted by molar-refractivity contribution is 0.0601. The Balaban J connectivity index is 1.77. The number of aliphatic hydroxyl groups is 2. The number of methoxy groups -OCH3 is 1. The molecule has 0 amide bonds. The molecule has 0 bridgehead atoms. The van der Waals surface area contributed by atoms with Crippen molar-refractivity contribution in [1.82, 2.24) is 0 Å². The summed E-state index contributed by atoms with van der Waals surface area (Å²) in [6.07, 6.45) is -1.86. The predicted molar refractivity (Wildman–Crippen MR) is 153 cm³/mol. The van der Waals surface area contributed by atoms with Crippen LogP contribution in [-0.2, 0) is 4.74 Å². The number of carbonyl (C=O) groups excluding carboxylic acids is 1. The smallest absolute Gasteiger partial charge is 0.339 e. The molecule has 2 unspecified atom stereocenters. The molecule has 5 aromatic rings. The van der Waals surface area contributed by atoms with Gasteiger partial charge in [-0.3, -0.25) is 0 Å². The third-order valence-electron chi connectivity index (χ3n) is 6.73. The van der Waals surface area contributed by atoms with Crippen molar-refractivity contribution in [3.8, 4) is 0 Å². The van der Waals surface area contributed by atoms with Crippen LogP contribution < -0.4 is 4.90 Å². The number of hydrogen-bond acceptors (Lipinski definition) is 5. The molecule has 0 aliphatic rings. The molecular weight excluding hydrogens is 486 g/mol. The summed E-state index contributed by atoms with van der Waals surface area (Å²) >= 11 is 0. The van der Waals surface area contributed by atoms with Gasteiger partial charge < -0.3 is 19.8 Å². The molecule has 0 aliphatic carbocycles. The van der Waals surface area contributed by atoms with Crippen LogP contribution in [0.4, 0.5) is 17.1 Å². The summed E-state index contributed by atoms with van der Waals surface area (Å²) in [4.78, 5) is 14.8. The molecule has 0 fully saturated rings. The first kappa shape index (κ1) is 25.9. The number of esters is 1. The fourth-order valence-corrected chi connectivity index (χ4v) is 4.82. The number of ether oxygens (including phenoxy) is 1. The molecular formula is C34H29NO4. The van der Waals surface area contributed by atoms with Gasteiger partial charge in [-0.1, -0.05) is 109 Å². The van der Waals surface area contributed by atoms with Crippen LogP contribution in [0.2, 0.25) is 0 Å². The third kappa shape index (κ3) is 5.32. The van der Waals surface area contributed by atoms with Gasteiger partial charge in [0.25, 0.3) is 0 Å². The fourth-order valence-electron chi connectivity index (χ4n) is 4.82. The van der Waals surface area contributed by atoms with E-state index in [0.29, 0.717) is 33.8 Å². The Morgan fingerprint density at radius 2 is 0.949 bits per heavy atom. The second-order valence-corrected chi connectivity index (χ2v) is 9.09. The molecule has 5 nitrogen and oxygen atoms in total. The highest BCUT2D eigenvalue weighted by atomic mass is 16.5. The Kier molecular flexibility index (Phi) is 7.83. The van der Waals surface area contributed by atoms with Crippen LogP contribution in [0.5, 0.6) is 0 Å². The molecule has 2 atom stereocenters.